The molecule has 9 heteroatoms. The van der Waals surface area contributed by atoms with Crippen LogP contribution >= 0.6 is 24.0 Å². The van der Waals surface area contributed by atoms with Crippen molar-refractivity contribution < 1.29 is 17.5 Å². The van der Waals surface area contributed by atoms with Gasteiger partial charge in [-0.3, -0.25) is 0 Å². The van der Waals surface area contributed by atoms with Gasteiger partial charge in [-0.15, -0.1) is 24.0 Å². The van der Waals surface area contributed by atoms with Gasteiger partial charge < -0.3 is 15.4 Å². The van der Waals surface area contributed by atoms with Crippen LogP contribution in [0.25, 0.3) is 0 Å². The fraction of sp³-hybridized carbons (Fsp3) is 0.435. The third kappa shape index (κ3) is 10.2. The third-order valence-electron chi connectivity index (χ3n) is 4.55. The highest BCUT2D eigenvalue weighted by Crippen LogP contribution is 2.18. The van der Waals surface area contributed by atoms with Gasteiger partial charge in [-0.05, 0) is 53.8 Å². The molecule has 0 spiro atoms. The lowest BCUT2D eigenvalue weighted by Crippen LogP contribution is -2.39. The van der Waals surface area contributed by atoms with Crippen molar-refractivity contribution in [2.75, 3.05) is 26.0 Å². The highest BCUT2D eigenvalue weighted by molar-refractivity contribution is 14.0. The Morgan fingerprint density at radius 1 is 1.09 bits per heavy atom. The predicted octanol–water partition coefficient (Wildman–Crippen LogP) is 4.25. The average molecular weight is 578 g/mol. The monoisotopic (exact) mass is 577 g/mol. The van der Waals surface area contributed by atoms with E-state index in [0.29, 0.717) is 42.7 Å². The standard InChI is InChI=1S/C23H32FN3O3S.HI/c1-5-25-23(26-12-13-30-22-10-7-18(8-11-22)17(2)3)27-15-20-14-21(24)9-6-19(20)16-31(4,28)29;/h6-11,14,17H,5,12-13,15-16H2,1-4H3,(H2,25,26,27);1H. The molecule has 6 nitrogen and oxygen atoms in total. The summed E-state index contributed by atoms with van der Waals surface area (Å²) >= 11 is 0. The van der Waals surface area contributed by atoms with E-state index in [1.807, 2.05) is 19.1 Å². The van der Waals surface area contributed by atoms with Crippen LogP contribution in [0.4, 0.5) is 4.39 Å². The fourth-order valence-corrected chi connectivity index (χ4v) is 3.80. The van der Waals surface area contributed by atoms with Gasteiger partial charge in [0.15, 0.2) is 15.8 Å². The molecule has 0 amide bonds. The minimum Gasteiger partial charge on any atom is -0.492 e. The molecule has 0 heterocycles. The summed E-state index contributed by atoms with van der Waals surface area (Å²) in [7, 11) is -3.23. The number of benzene rings is 2. The lowest BCUT2D eigenvalue weighted by atomic mass is 10.0. The zero-order chi connectivity index (χ0) is 22.9. The molecule has 0 aliphatic rings. The van der Waals surface area contributed by atoms with Crippen LogP contribution < -0.4 is 15.4 Å². The third-order valence-corrected chi connectivity index (χ3v) is 5.38. The molecule has 32 heavy (non-hydrogen) atoms. The quantitative estimate of drug-likeness (QED) is 0.191. The van der Waals surface area contributed by atoms with Gasteiger partial charge in [0.05, 0.1) is 18.8 Å². The number of ether oxygens (including phenoxy) is 1. The molecule has 0 radical (unpaired) electrons. The van der Waals surface area contributed by atoms with Gasteiger partial charge in [0.25, 0.3) is 0 Å². The molecule has 178 valence electrons. The van der Waals surface area contributed by atoms with E-state index in [9.17, 15) is 12.8 Å². The molecule has 0 bridgehead atoms. The SMILES string of the molecule is CCNC(=NCc1cc(F)ccc1CS(C)(=O)=O)NCCOc1ccc(C(C)C)cc1.I. The molecule has 0 aromatic heterocycles. The fourth-order valence-electron chi connectivity index (χ4n) is 2.96. The molecular formula is C23H33FIN3O3S. The molecule has 0 fully saturated rings. The van der Waals surface area contributed by atoms with Crippen LogP contribution in [0.2, 0.25) is 0 Å². The van der Waals surface area contributed by atoms with Gasteiger partial charge in [-0.2, -0.15) is 0 Å². The van der Waals surface area contributed by atoms with Gasteiger partial charge in [-0.25, -0.2) is 17.8 Å². The number of rotatable bonds is 10. The summed E-state index contributed by atoms with van der Waals surface area (Å²) in [5.74, 6) is 1.27. The first-order valence-corrected chi connectivity index (χ1v) is 12.4. The maximum absolute atomic E-state index is 13.7. The number of hydrogen-bond acceptors (Lipinski definition) is 4. The summed E-state index contributed by atoms with van der Waals surface area (Å²) in [5, 5.41) is 6.30. The molecular weight excluding hydrogens is 544 g/mol. The molecule has 0 aliphatic heterocycles. The molecule has 2 rings (SSSR count). The second kappa shape index (κ2) is 13.6. The summed E-state index contributed by atoms with van der Waals surface area (Å²) < 4.78 is 42.8. The Morgan fingerprint density at radius 3 is 2.38 bits per heavy atom. The molecule has 2 N–H and O–H groups in total. The van der Waals surface area contributed by atoms with E-state index in [0.717, 1.165) is 12.0 Å². The van der Waals surface area contributed by atoms with Crippen molar-refractivity contribution in [2.24, 2.45) is 4.99 Å². The Balaban J connectivity index is 0.00000512. The molecule has 0 unspecified atom stereocenters. The van der Waals surface area contributed by atoms with Crippen LogP contribution in [0.1, 0.15) is 43.4 Å². The summed E-state index contributed by atoms with van der Waals surface area (Å²) in [6, 6.07) is 12.1. The minimum atomic E-state index is -3.23. The Hall–Kier alpha value is -1.88. The van der Waals surface area contributed by atoms with Crippen molar-refractivity contribution in [1.82, 2.24) is 10.6 Å². The largest absolute Gasteiger partial charge is 0.492 e. The van der Waals surface area contributed by atoms with E-state index in [1.165, 1.54) is 23.8 Å². The van der Waals surface area contributed by atoms with Crippen molar-refractivity contribution in [3.05, 3.63) is 65.0 Å². The highest BCUT2D eigenvalue weighted by atomic mass is 127. The second-order valence-corrected chi connectivity index (χ2v) is 9.82. The van der Waals surface area contributed by atoms with Crippen LogP contribution in [0.15, 0.2) is 47.5 Å². The maximum Gasteiger partial charge on any atom is 0.191 e. The number of nitrogens with zero attached hydrogens (tertiary/aromatic N) is 1. The zero-order valence-electron chi connectivity index (χ0n) is 19.0. The van der Waals surface area contributed by atoms with Crippen molar-refractivity contribution in [2.45, 2.75) is 39.0 Å². The summed E-state index contributed by atoms with van der Waals surface area (Å²) in [5.41, 5.74) is 2.36. The smallest absolute Gasteiger partial charge is 0.191 e. The lowest BCUT2D eigenvalue weighted by Gasteiger charge is -2.13. The number of nitrogens with one attached hydrogen (secondary N) is 2. The van der Waals surface area contributed by atoms with Gasteiger partial charge in [0.1, 0.15) is 18.2 Å². The van der Waals surface area contributed by atoms with Crippen LogP contribution in [0.3, 0.4) is 0 Å². The topological polar surface area (TPSA) is 79.8 Å². The van der Waals surface area contributed by atoms with E-state index in [2.05, 4.69) is 41.6 Å². The molecule has 2 aromatic rings. The lowest BCUT2D eigenvalue weighted by molar-refractivity contribution is 0.322. The average Bonchev–Trinajstić information content (AvgIpc) is 2.70. The Kier molecular flexibility index (Phi) is 12.0. The van der Waals surface area contributed by atoms with Crippen LogP contribution in [0, 0.1) is 5.82 Å². The van der Waals surface area contributed by atoms with Crippen LogP contribution in [-0.4, -0.2) is 40.3 Å². The van der Waals surface area contributed by atoms with Crippen molar-refractivity contribution in [3.63, 3.8) is 0 Å². The van der Waals surface area contributed by atoms with E-state index in [4.69, 9.17) is 4.74 Å². The normalized spacial score (nSPS) is 11.8. The van der Waals surface area contributed by atoms with Crippen LogP contribution in [-0.2, 0) is 22.1 Å². The Bertz CT molecular complexity index is 980. The Labute approximate surface area is 208 Å². The van der Waals surface area contributed by atoms with Crippen molar-refractivity contribution >= 4 is 39.8 Å². The van der Waals surface area contributed by atoms with E-state index in [1.54, 1.807) is 0 Å². The highest BCUT2D eigenvalue weighted by Gasteiger charge is 2.11. The van der Waals surface area contributed by atoms with Gasteiger partial charge >= 0.3 is 0 Å². The van der Waals surface area contributed by atoms with Gasteiger partial charge in [0, 0.05) is 12.8 Å². The minimum absolute atomic E-state index is 0. The molecule has 0 saturated carbocycles. The predicted molar refractivity (Wildman–Crippen MR) is 139 cm³/mol. The van der Waals surface area contributed by atoms with Gasteiger partial charge in [-0.1, -0.05) is 32.0 Å². The number of halogens is 2. The summed E-state index contributed by atoms with van der Waals surface area (Å²) in [6.07, 6.45) is 1.16. The number of aliphatic imine (C=N–C) groups is 1. The first-order valence-electron chi connectivity index (χ1n) is 10.4. The van der Waals surface area contributed by atoms with Crippen molar-refractivity contribution in [1.29, 1.82) is 0 Å². The molecule has 0 saturated heterocycles. The Morgan fingerprint density at radius 2 is 1.78 bits per heavy atom. The van der Waals surface area contributed by atoms with Gasteiger partial charge in [0.2, 0.25) is 0 Å². The number of sulfone groups is 1. The maximum atomic E-state index is 13.7. The summed E-state index contributed by atoms with van der Waals surface area (Å²) in [6.45, 7) is 8.03. The molecule has 0 aliphatic carbocycles. The second-order valence-electron chi connectivity index (χ2n) is 7.68. The van der Waals surface area contributed by atoms with E-state index >= 15 is 0 Å². The first kappa shape index (κ1) is 28.2. The first-order chi connectivity index (χ1) is 14.7. The zero-order valence-corrected chi connectivity index (χ0v) is 22.2. The van der Waals surface area contributed by atoms with Crippen molar-refractivity contribution in [3.8, 4) is 5.75 Å². The summed E-state index contributed by atoms with van der Waals surface area (Å²) in [4.78, 5) is 4.47. The van der Waals surface area contributed by atoms with E-state index in [-0.39, 0.29) is 36.3 Å². The number of hydrogen-bond donors (Lipinski definition) is 2. The molecule has 2 aromatic carbocycles. The van der Waals surface area contributed by atoms with Crippen LogP contribution in [0.5, 0.6) is 5.75 Å². The number of guanidine groups is 1. The molecule has 0 atom stereocenters. The van der Waals surface area contributed by atoms with E-state index < -0.39 is 15.7 Å².